The van der Waals surface area contributed by atoms with Crippen molar-refractivity contribution >= 4 is 34.4 Å². The number of aromatic hydroxyl groups is 1. The highest BCUT2D eigenvalue weighted by Crippen LogP contribution is 2.38. The maximum absolute atomic E-state index is 14.7. The van der Waals surface area contributed by atoms with Crippen molar-refractivity contribution in [2.75, 3.05) is 51.3 Å². The first-order chi connectivity index (χ1) is 17.9. The number of likely N-dealkylation sites (N-methyl/N-ethyl adjacent to an activating group) is 1. The van der Waals surface area contributed by atoms with Crippen molar-refractivity contribution in [3.63, 3.8) is 0 Å². The highest BCUT2D eigenvalue weighted by molar-refractivity contribution is 6.34. The predicted octanol–water partition coefficient (Wildman–Crippen LogP) is 3.50. The van der Waals surface area contributed by atoms with Crippen LogP contribution in [0.15, 0.2) is 36.9 Å². The summed E-state index contributed by atoms with van der Waals surface area (Å²) >= 11 is 6.56. The average molecular weight is 527 g/mol. The van der Waals surface area contributed by atoms with Crippen molar-refractivity contribution in [2.24, 2.45) is 0 Å². The van der Waals surface area contributed by atoms with E-state index in [1.165, 1.54) is 24.3 Å². The Morgan fingerprint density at radius 1 is 1.24 bits per heavy atom. The van der Waals surface area contributed by atoms with E-state index in [-0.39, 0.29) is 45.6 Å². The molecule has 2 aliphatic heterocycles. The summed E-state index contributed by atoms with van der Waals surface area (Å²) in [6.45, 7) is 7.08. The van der Waals surface area contributed by atoms with Crippen LogP contribution in [0.4, 0.5) is 10.2 Å². The van der Waals surface area contributed by atoms with Crippen LogP contribution < -0.4 is 9.64 Å². The Hall–Kier alpha value is -3.50. The molecule has 0 unspecified atom stereocenters. The minimum Gasteiger partial charge on any atom is -0.507 e. The van der Waals surface area contributed by atoms with Crippen molar-refractivity contribution in [3.05, 3.63) is 47.8 Å². The van der Waals surface area contributed by atoms with Crippen LogP contribution in [0, 0.1) is 5.82 Å². The fraction of sp³-hybridized carbons (Fsp3) is 0.385. The highest BCUT2D eigenvalue weighted by Gasteiger charge is 2.26. The van der Waals surface area contributed by atoms with Crippen molar-refractivity contribution in [1.82, 2.24) is 24.8 Å². The Kier molecular flexibility index (Phi) is 7.12. The van der Waals surface area contributed by atoms with Gasteiger partial charge in [-0.25, -0.2) is 9.37 Å². The van der Waals surface area contributed by atoms with Crippen LogP contribution in [0.2, 0.25) is 5.02 Å². The SMILES string of the molecule is C=CC(=O)N1CCN(c2nc(OC[C@@H]3CCCN3C)nc3nc(-c4c(O)cccc4F)c(Cl)cc23)CC1. The molecule has 194 valence electrons. The molecule has 37 heavy (non-hydrogen) atoms. The van der Waals surface area contributed by atoms with Crippen molar-refractivity contribution in [2.45, 2.75) is 18.9 Å². The first-order valence-corrected chi connectivity index (χ1v) is 12.6. The second-order valence-corrected chi connectivity index (χ2v) is 9.67. The summed E-state index contributed by atoms with van der Waals surface area (Å²) in [6, 6.07) is 6.08. The quantitative estimate of drug-likeness (QED) is 0.488. The molecule has 1 N–H and O–H groups in total. The lowest BCUT2D eigenvalue weighted by molar-refractivity contribution is -0.126. The lowest BCUT2D eigenvalue weighted by Crippen LogP contribution is -2.48. The number of carbonyl (C=O) groups excluding carboxylic acids is 1. The smallest absolute Gasteiger partial charge is 0.320 e. The number of benzene rings is 1. The van der Waals surface area contributed by atoms with Gasteiger partial charge in [-0.3, -0.25) is 4.79 Å². The predicted molar refractivity (Wildman–Crippen MR) is 140 cm³/mol. The van der Waals surface area contributed by atoms with Crippen molar-refractivity contribution in [1.29, 1.82) is 0 Å². The maximum Gasteiger partial charge on any atom is 0.320 e. The van der Waals surface area contributed by atoms with E-state index in [0.29, 0.717) is 44.0 Å². The molecule has 1 aromatic carbocycles. The molecule has 11 heteroatoms. The van der Waals surface area contributed by atoms with Gasteiger partial charge in [0.1, 0.15) is 24.0 Å². The van der Waals surface area contributed by atoms with E-state index in [1.54, 1.807) is 11.0 Å². The topological polar surface area (TPSA) is 94.9 Å². The van der Waals surface area contributed by atoms with E-state index in [2.05, 4.69) is 28.5 Å². The molecule has 2 aliphatic rings. The van der Waals surface area contributed by atoms with Crippen LogP contribution >= 0.6 is 11.6 Å². The minimum absolute atomic E-state index is 0.0808. The zero-order valence-electron chi connectivity index (χ0n) is 20.5. The minimum atomic E-state index is -0.646. The van der Waals surface area contributed by atoms with Gasteiger partial charge in [0.2, 0.25) is 5.91 Å². The van der Waals surface area contributed by atoms with E-state index in [4.69, 9.17) is 21.3 Å². The summed E-state index contributed by atoms with van der Waals surface area (Å²) in [5.74, 6) is -0.460. The second kappa shape index (κ2) is 10.5. The summed E-state index contributed by atoms with van der Waals surface area (Å²) in [6.07, 6.45) is 3.45. The van der Waals surface area contributed by atoms with Gasteiger partial charge in [0, 0.05) is 32.2 Å². The van der Waals surface area contributed by atoms with Crippen LogP contribution in [-0.4, -0.2) is 88.2 Å². The van der Waals surface area contributed by atoms with Gasteiger partial charge < -0.3 is 24.5 Å². The molecule has 9 nitrogen and oxygen atoms in total. The number of phenols is 1. The lowest BCUT2D eigenvalue weighted by Gasteiger charge is -2.35. The molecule has 0 bridgehead atoms. The number of piperazine rings is 1. The largest absolute Gasteiger partial charge is 0.507 e. The number of hydrogen-bond acceptors (Lipinski definition) is 8. The van der Waals surface area contributed by atoms with Gasteiger partial charge in [0.05, 0.1) is 21.7 Å². The highest BCUT2D eigenvalue weighted by atomic mass is 35.5. The van der Waals surface area contributed by atoms with E-state index in [1.807, 2.05) is 4.90 Å². The van der Waals surface area contributed by atoms with Gasteiger partial charge in [-0.15, -0.1) is 0 Å². The summed E-state index contributed by atoms with van der Waals surface area (Å²) in [5, 5.41) is 11.0. The number of anilines is 1. The van der Waals surface area contributed by atoms with Crippen LogP contribution in [-0.2, 0) is 4.79 Å². The Morgan fingerprint density at radius 2 is 2.03 bits per heavy atom. The molecular formula is C26H28ClFN6O3. The molecule has 0 spiro atoms. The Bertz CT molecular complexity index is 1330. The van der Waals surface area contributed by atoms with Crippen LogP contribution in [0.3, 0.4) is 0 Å². The molecule has 2 saturated heterocycles. The number of halogens is 2. The third-order valence-corrected chi connectivity index (χ3v) is 7.26. The molecule has 5 rings (SSSR count). The molecule has 2 aromatic heterocycles. The normalized spacial score (nSPS) is 18.4. The Balaban J connectivity index is 1.55. The van der Waals surface area contributed by atoms with Gasteiger partial charge in [0.15, 0.2) is 5.65 Å². The second-order valence-electron chi connectivity index (χ2n) is 9.26. The number of hydrogen-bond donors (Lipinski definition) is 1. The van der Waals surface area contributed by atoms with Gasteiger partial charge in [-0.1, -0.05) is 24.2 Å². The van der Waals surface area contributed by atoms with Crippen LogP contribution in [0.1, 0.15) is 12.8 Å². The number of amides is 1. The van der Waals surface area contributed by atoms with Gasteiger partial charge >= 0.3 is 6.01 Å². The number of fused-ring (bicyclic) bond motifs is 1. The zero-order chi connectivity index (χ0) is 26.1. The van der Waals surface area contributed by atoms with E-state index < -0.39 is 5.82 Å². The standard InChI is InChI=1S/C26H28ClFN6O3/c1-3-21(36)33-10-12-34(13-11-33)25-17-14-18(27)23(22-19(28)7-4-8-20(22)35)29-24(17)30-26(31-25)37-15-16-6-5-9-32(16)2/h3-4,7-8,14,16,35H,1,5-6,9-13,15H2,2H3/t16-/m0/s1. The maximum atomic E-state index is 14.7. The molecule has 1 amide bonds. The molecule has 0 radical (unpaired) electrons. The summed E-state index contributed by atoms with van der Waals surface area (Å²) in [5.41, 5.74) is 0.255. The Labute approximate surface area is 219 Å². The molecule has 3 aromatic rings. The number of carbonyl (C=O) groups is 1. The van der Waals surface area contributed by atoms with E-state index in [0.717, 1.165) is 19.4 Å². The summed E-state index contributed by atoms with van der Waals surface area (Å²) in [7, 11) is 2.06. The van der Waals surface area contributed by atoms with Crippen LogP contribution in [0.25, 0.3) is 22.3 Å². The number of rotatable bonds is 6. The number of ether oxygens (including phenoxy) is 1. The fourth-order valence-electron chi connectivity index (χ4n) is 4.85. The van der Waals surface area contributed by atoms with Gasteiger partial charge in [-0.05, 0) is 50.7 Å². The number of nitrogens with zero attached hydrogens (tertiary/aromatic N) is 6. The fourth-order valence-corrected chi connectivity index (χ4v) is 5.10. The van der Waals surface area contributed by atoms with Crippen molar-refractivity contribution in [3.8, 4) is 23.0 Å². The lowest BCUT2D eigenvalue weighted by atomic mass is 10.1. The summed E-state index contributed by atoms with van der Waals surface area (Å²) in [4.78, 5) is 31.8. The van der Waals surface area contributed by atoms with Gasteiger partial charge in [0.25, 0.3) is 0 Å². The zero-order valence-corrected chi connectivity index (χ0v) is 21.3. The first-order valence-electron chi connectivity index (χ1n) is 12.2. The first kappa shape index (κ1) is 25.2. The number of phenolic OH excluding ortho intramolecular Hbond substituents is 1. The van der Waals surface area contributed by atoms with E-state index >= 15 is 0 Å². The monoisotopic (exact) mass is 526 g/mol. The number of aromatic nitrogens is 3. The molecule has 0 aliphatic carbocycles. The molecular weight excluding hydrogens is 499 g/mol. The number of pyridine rings is 1. The molecule has 2 fully saturated rings. The Morgan fingerprint density at radius 3 is 2.70 bits per heavy atom. The third-order valence-electron chi connectivity index (χ3n) is 6.97. The average Bonchev–Trinajstić information content (AvgIpc) is 3.31. The molecule has 0 saturated carbocycles. The van der Waals surface area contributed by atoms with Gasteiger partial charge in [-0.2, -0.15) is 9.97 Å². The number of likely N-dealkylation sites (tertiary alicyclic amines) is 1. The van der Waals surface area contributed by atoms with E-state index in [9.17, 15) is 14.3 Å². The van der Waals surface area contributed by atoms with Crippen molar-refractivity contribution < 1.29 is 19.0 Å². The molecule has 4 heterocycles. The van der Waals surface area contributed by atoms with Crippen LogP contribution in [0.5, 0.6) is 11.8 Å². The summed E-state index contributed by atoms with van der Waals surface area (Å²) < 4.78 is 20.7. The third kappa shape index (κ3) is 5.03. The molecule has 1 atom stereocenters.